The number of hydrogen-bond donors (Lipinski definition) is 2. The van der Waals surface area contributed by atoms with E-state index >= 15 is 0 Å². The number of aromatic nitrogens is 1. The number of nitrogens with one attached hydrogen (secondary N) is 1. The van der Waals surface area contributed by atoms with Crippen LogP contribution in [-0.4, -0.2) is 4.98 Å². The molecule has 2 aromatic heterocycles. The molecule has 0 fully saturated rings. The predicted molar refractivity (Wildman–Crippen MR) is 68.0 cm³/mol. The molecule has 0 amide bonds. The molecule has 0 radical (unpaired) electrons. The molecule has 0 aromatic carbocycles. The number of halogens is 1. The van der Waals surface area contributed by atoms with E-state index < -0.39 is 0 Å². The second-order valence-corrected chi connectivity index (χ2v) is 4.84. The first-order valence-corrected chi connectivity index (χ1v) is 6.11. The second kappa shape index (κ2) is 4.63. The van der Waals surface area contributed by atoms with Crippen molar-refractivity contribution in [1.29, 1.82) is 0 Å². The molecule has 0 aliphatic heterocycles. The van der Waals surface area contributed by atoms with E-state index in [4.69, 9.17) is 5.73 Å². The Morgan fingerprint density at radius 2 is 2.33 bits per heavy atom. The van der Waals surface area contributed by atoms with Gasteiger partial charge in [-0.3, -0.25) is 0 Å². The molecule has 0 aliphatic rings. The lowest BCUT2D eigenvalue weighted by Crippen LogP contribution is -2.02. The second-order valence-electron chi connectivity index (χ2n) is 2.98. The zero-order valence-electron chi connectivity index (χ0n) is 7.90. The normalized spacial score (nSPS) is 10.2. The predicted octanol–water partition coefficient (Wildman–Crippen LogP) is 3.10. The molecule has 78 valence electrons. The number of anilines is 2. The maximum Gasteiger partial charge on any atom is 0.146 e. The first kappa shape index (κ1) is 10.4. The van der Waals surface area contributed by atoms with Crippen molar-refractivity contribution in [2.75, 3.05) is 11.1 Å². The van der Waals surface area contributed by atoms with Gasteiger partial charge in [0.15, 0.2) is 0 Å². The SMILES string of the molecule is Nc1ncccc1NCc1sccc1Br. The van der Waals surface area contributed by atoms with Crippen molar-refractivity contribution < 1.29 is 0 Å². The highest BCUT2D eigenvalue weighted by Crippen LogP contribution is 2.24. The summed E-state index contributed by atoms with van der Waals surface area (Å²) in [5.41, 5.74) is 6.59. The molecule has 3 nitrogen and oxygen atoms in total. The lowest BCUT2D eigenvalue weighted by Gasteiger charge is -2.06. The van der Waals surface area contributed by atoms with Gasteiger partial charge in [-0.2, -0.15) is 0 Å². The van der Waals surface area contributed by atoms with Crippen LogP contribution < -0.4 is 11.1 Å². The highest BCUT2D eigenvalue weighted by molar-refractivity contribution is 9.10. The van der Waals surface area contributed by atoms with Gasteiger partial charge in [-0.05, 0) is 39.5 Å². The Morgan fingerprint density at radius 1 is 1.47 bits per heavy atom. The van der Waals surface area contributed by atoms with Crippen LogP contribution in [0.3, 0.4) is 0 Å². The highest BCUT2D eigenvalue weighted by atomic mass is 79.9. The number of rotatable bonds is 3. The molecule has 0 atom stereocenters. The molecule has 0 saturated carbocycles. The number of nitrogens with zero attached hydrogens (tertiary/aromatic N) is 1. The smallest absolute Gasteiger partial charge is 0.146 e. The molecule has 0 unspecified atom stereocenters. The summed E-state index contributed by atoms with van der Waals surface area (Å²) in [4.78, 5) is 5.26. The summed E-state index contributed by atoms with van der Waals surface area (Å²) < 4.78 is 1.13. The third-order valence-corrected chi connectivity index (χ3v) is 3.90. The number of nitrogen functional groups attached to an aromatic ring is 1. The fourth-order valence-corrected chi connectivity index (χ4v) is 2.63. The van der Waals surface area contributed by atoms with Crippen molar-refractivity contribution in [2.45, 2.75) is 6.54 Å². The van der Waals surface area contributed by atoms with Crippen molar-refractivity contribution in [3.63, 3.8) is 0 Å². The van der Waals surface area contributed by atoms with Crippen molar-refractivity contribution in [2.24, 2.45) is 0 Å². The molecule has 2 rings (SSSR count). The molecule has 0 saturated heterocycles. The summed E-state index contributed by atoms with van der Waals surface area (Å²) in [5.74, 6) is 0.533. The van der Waals surface area contributed by atoms with Crippen molar-refractivity contribution in [3.05, 3.63) is 39.1 Å². The molecule has 0 aliphatic carbocycles. The van der Waals surface area contributed by atoms with Gasteiger partial charge in [0, 0.05) is 15.5 Å². The zero-order valence-corrected chi connectivity index (χ0v) is 10.3. The Labute approximate surface area is 100 Å². The minimum absolute atomic E-state index is 0.533. The van der Waals surface area contributed by atoms with Gasteiger partial charge in [-0.15, -0.1) is 11.3 Å². The number of nitrogens with two attached hydrogens (primary N) is 1. The van der Waals surface area contributed by atoms with E-state index in [1.807, 2.05) is 23.6 Å². The van der Waals surface area contributed by atoms with Crippen LogP contribution in [0.1, 0.15) is 4.88 Å². The van der Waals surface area contributed by atoms with E-state index in [0.29, 0.717) is 5.82 Å². The van der Waals surface area contributed by atoms with Crippen LogP contribution in [0.2, 0.25) is 0 Å². The van der Waals surface area contributed by atoms with E-state index in [1.165, 1.54) is 4.88 Å². The van der Waals surface area contributed by atoms with Crippen LogP contribution in [0, 0.1) is 0 Å². The topological polar surface area (TPSA) is 50.9 Å². The fraction of sp³-hybridized carbons (Fsp3) is 0.100. The van der Waals surface area contributed by atoms with Gasteiger partial charge < -0.3 is 11.1 Å². The van der Waals surface area contributed by atoms with Crippen molar-refractivity contribution in [1.82, 2.24) is 4.98 Å². The Balaban J connectivity index is 2.06. The number of hydrogen-bond acceptors (Lipinski definition) is 4. The molecule has 0 spiro atoms. The van der Waals surface area contributed by atoms with Gasteiger partial charge in [-0.1, -0.05) is 0 Å². The standard InChI is InChI=1S/C10H10BrN3S/c11-7-3-5-15-9(7)6-14-8-2-1-4-13-10(8)12/h1-5,14H,6H2,(H2,12,13). The van der Waals surface area contributed by atoms with Gasteiger partial charge in [0.2, 0.25) is 0 Å². The monoisotopic (exact) mass is 283 g/mol. The minimum atomic E-state index is 0.533. The van der Waals surface area contributed by atoms with Crippen LogP contribution in [0.5, 0.6) is 0 Å². The van der Waals surface area contributed by atoms with Gasteiger partial charge in [0.05, 0.1) is 12.2 Å². The third kappa shape index (κ3) is 2.49. The summed E-state index contributed by atoms with van der Waals surface area (Å²) in [6.45, 7) is 0.758. The van der Waals surface area contributed by atoms with Crippen LogP contribution in [0.15, 0.2) is 34.2 Å². The first-order valence-electron chi connectivity index (χ1n) is 4.43. The molecule has 2 aromatic rings. The first-order chi connectivity index (χ1) is 7.27. The average molecular weight is 284 g/mol. The van der Waals surface area contributed by atoms with E-state index in [1.54, 1.807) is 17.5 Å². The quantitative estimate of drug-likeness (QED) is 0.910. The molecular formula is C10H10BrN3S. The van der Waals surface area contributed by atoms with Gasteiger partial charge in [0.1, 0.15) is 5.82 Å². The Bertz CT molecular complexity index is 455. The lowest BCUT2D eigenvalue weighted by atomic mass is 10.3. The van der Waals surface area contributed by atoms with E-state index in [2.05, 4.69) is 26.2 Å². The maximum absolute atomic E-state index is 5.72. The number of thiophene rings is 1. The lowest BCUT2D eigenvalue weighted by molar-refractivity contribution is 1.17. The zero-order chi connectivity index (χ0) is 10.7. The summed E-state index contributed by atoms with van der Waals surface area (Å²) in [6.07, 6.45) is 1.68. The maximum atomic E-state index is 5.72. The molecule has 15 heavy (non-hydrogen) atoms. The van der Waals surface area contributed by atoms with Gasteiger partial charge >= 0.3 is 0 Å². The number of pyridine rings is 1. The van der Waals surface area contributed by atoms with Crippen LogP contribution in [0.25, 0.3) is 0 Å². The molecule has 2 heterocycles. The van der Waals surface area contributed by atoms with Gasteiger partial charge in [0.25, 0.3) is 0 Å². The van der Waals surface area contributed by atoms with Crippen LogP contribution >= 0.6 is 27.3 Å². The van der Waals surface area contributed by atoms with Crippen LogP contribution in [-0.2, 0) is 6.54 Å². The highest BCUT2D eigenvalue weighted by Gasteiger charge is 2.02. The fourth-order valence-electron chi connectivity index (χ4n) is 1.19. The summed E-state index contributed by atoms with van der Waals surface area (Å²) in [7, 11) is 0. The largest absolute Gasteiger partial charge is 0.382 e. The summed E-state index contributed by atoms with van der Waals surface area (Å²) in [5, 5.41) is 5.30. The Hall–Kier alpha value is -1.07. The Kier molecular flexibility index (Phi) is 3.23. The van der Waals surface area contributed by atoms with E-state index in [-0.39, 0.29) is 0 Å². The van der Waals surface area contributed by atoms with Gasteiger partial charge in [-0.25, -0.2) is 4.98 Å². The summed E-state index contributed by atoms with van der Waals surface area (Å²) >= 11 is 5.19. The van der Waals surface area contributed by atoms with Crippen molar-refractivity contribution >= 4 is 38.8 Å². The van der Waals surface area contributed by atoms with Crippen molar-refractivity contribution in [3.8, 4) is 0 Å². The van der Waals surface area contributed by atoms with E-state index in [0.717, 1.165) is 16.7 Å². The molecular weight excluding hydrogens is 274 g/mol. The Morgan fingerprint density at radius 3 is 3.00 bits per heavy atom. The van der Waals surface area contributed by atoms with Crippen LogP contribution in [0.4, 0.5) is 11.5 Å². The third-order valence-electron chi connectivity index (χ3n) is 1.97. The molecule has 3 N–H and O–H groups in total. The molecule has 5 heteroatoms. The minimum Gasteiger partial charge on any atom is -0.382 e. The average Bonchev–Trinajstić information content (AvgIpc) is 2.63. The summed E-state index contributed by atoms with van der Waals surface area (Å²) in [6, 6.07) is 5.82. The molecule has 0 bridgehead atoms. The van der Waals surface area contributed by atoms with E-state index in [9.17, 15) is 0 Å².